The van der Waals surface area contributed by atoms with E-state index in [4.69, 9.17) is 9.47 Å². The third-order valence-corrected chi connectivity index (χ3v) is 7.19. The second-order valence-electron chi connectivity index (χ2n) is 6.85. The fourth-order valence-electron chi connectivity index (χ4n) is 3.55. The van der Waals surface area contributed by atoms with Gasteiger partial charge in [0.05, 0.1) is 25.1 Å². The molecule has 0 aromatic carbocycles. The molecule has 1 spiro atoms. The topological polar surface area (TPSA) is 86.6 Å². The second kappa shape index (κ2) is 5.80. The van der Waals surface area contributed by atoms with Crippen molar-refractivity contribution in [2.24, 2.45) is 5.92 Å². The van der Waals surface area contributed by atoms with Gasteiger partial charge in [-0.1, -0.05) is 0 Å². The van der Waals surface area contributed by atoms with E-state index in [1.165, 1.54) is 0 Å². The first-order chi connectivity index (χ1) is 11.1. The molecular weight excluding hydrogens is 320 g/mol. The van der Waals surface area contributed by atoms with E-state index in [1.54, 1.807) is 17.0 Å². The molecule has 128 valence electrons. The summed E-state index contributed by atoms with van der Waals surface area (Å²) < 4.78 is 40.4. The molecular formula is C14H22N4O4S. The zero-order valence-electron chi connectivity index (χ0n) is 13.0. The molecule has 3 heterocycles. The molecule has 1 saturated carbocycles. The summed E-state index contributed by atoms with van der Waals surface area (Å²) in [5, 5.41) is 7.44. The van der Waals surface area contributed by atoms with Gasteiger partial charge in [-0.2, -0.15) is 4.31 Å². The van der Waals surface area contributed by atoms with Gasteiger partial charge in [-0.15, -0.1) is 10.2 Å². The van der Waals surface area contributed by atoms with Crippen LogP contribution in [0.3, 0.4) is 0 Å². The summed E-state index contributed by atoms with van der Waals surface area (Å²) in [5.41, 5.74) is -0.517. The Balaban J connectivity index is 1.46. The highest BCUT2D eigenvalue weighted by molar-refractivity contribution is 7.90. The third kappa shape index (κ3) is 3.15. The summed E-state index contributed by atoms with van der Waals surface area (Å²) in [6.07, 6.45) is 5.74. The van der Waals surface area contributed by atoms with Crippen LogP contribution >= 0.6 is 0 Å². The molecule has 4 rings (SSSR count). The molecule has 0 amide bonds. The predicted molar refractivity (Wildman–Crippen MR) is 81.1 cm³/mol. The van der Waals surface area contributed by atoms with Crippen LogP contribution in [-0.4, -0.2) is 71.2 Å². The lowest BCUT2D eigenvalue weighted by atomic mass is 9.94. The fraction of sp³-hybridized carbons (Fsp3) is 0.857. The average Bonchev–Trinajstić information content (AvgIpc) is 3.20. The molecule has 0 N–H and O–H groups in total. The normalized spacial score (nSPS) is 33.1. The molecule has 1 aromatic heterocycles. The summed E-state index contributed by atoms with van der Waals surface area (Å²) in [6, 6.07) is 0. The number of rotatable bonds is 4. The average molecular weight is 342 g/mol. The lowest BCUT2D eigenvalue weighted by molar-refractivity contribution is -0.0512. The van der Waals surface area contributed by atoms with E-state index < -0.39 is 15.6 Å². The monoisotopic (exact) mass is 342 g/mol. The minimum atomic E-state index is -3.19. The van der Waals surface area contributed by atoms with E-state index in [0.717, 1.165) is 25.8 Å². The number of sulfonamides is 1. The Bertz CT molecular complexity index is 646. The van der Waals surface area contributed by atoms with Gasteiger partial charge in [0, 0.05) is 25.6 Å². The molecule has 8 nitrogen and oxygen atoms in total. The fourth-order valence-corrected chi connectivity index (χ4v) is 5.44. The molecule has 3 aliphatic rings. The van der Waals surface area contributed by atoms with Crippen LogP contribution in [0.2, 0.25) is 0 Å². The predicted octanol–water partition coefficient (Wildman–Crippen LogP) is -0.122. The highest BCUT2D eigenvalue weighted by Gasteiger charge is 2.48. The molecule has 2 atom stereocenters. The Labute approximate surface area is 135 Å². The largest absolute Gasteiger partial charge is 0.377 e. The van der Waals surface area contributed by atoms with Crippen molar-refractivity contribution in [3.05, 3.63) is 12.7 Å². The van der Waals surface area contributed by atoms with E-state index in [9.17, 15) is 8.42 Å². The van der Waals surface area contributed by atoms with Crippen LogP contribution in [0.4, 0.5) is 0 Å². The summed E-state index contributed by atoms with van der Waals surface area (Å²) in [4.78, 5) is 0. The molecule has 0 radical (unpaired) electrons. The minimum Gasteiger partial charge on any atom is -0.377 e. The Morgan fingerprint density at radius 3 is 2.78 bits per heavy atom. The molecule has 1 aromatic rings. The van der Waals surface area contributed by atoms with Crippen molar-refractivity contribution in [3.63, 3.8) is 0 Å². The number of hydrogen-bond acceptors (Lipinski definition) is 6. The van der Waals surface area contributed by atoms with Crippen LogP contribution in [0, 0.1) is 5.92 Å². The summed E-state index contributed by atoms with van der Waals surface area (Å²) in [5.74, 6) is 0.318. The molecule has 2 saturated heterocycles. The zero-order chi connectivity index (χ0) is 15.9. The van der Waals surface area contributed by atoms with E-state index in [0.29, 0.717) is 38.8 Å². The lowest BCUT2D eigenvalue weighted by Gasteiger charge is -2.30. The number of nitrogens with zero attached hydrogens (tertiary/aromatic N) is 4. The Morgan fingerprint density at radius 2 is 2.04 bits per heavy atom. The Morgan fingerprint density at radius 1 is 1.26 bits per heavy atom. The third-order valence-electron chi connectivity index (χ3n) is 4.84. The van der Waals surface area contributed by atoms with Crippen molar-refractivity contribution in [2.75, 3.05) is 32.9 Å². The van der Waals surface area contributed by atoms with E-state index in [-0.39, 0.29) is 5.25 Å². The van der Waals surface area contributed by atoms with E-state index >= 15 is 0 Å². The van der Waals surface area contributed by atoms with Gasteiger partial charge < -0.3 is 14.0 Å². The van der Waals surface area contributed by atoms with Gasteiger partial charge in [0.25, 0.3) is 0 Å². The standard InChI is InChI=1S/C14H22N4O4S/c19-23(20,13-1-2-13)18-3-4-21-9-14(8-18)5-12(7-22-14)6-17-10-15-16-11-17/h10-13H,1-9H2/t12-,14-/m0/s1. The molecule has 2 aliphatic heterocycles. The smallest absolute Gasteiger partial charge is 0.217 e. The number of hydrogen-bond donors (Lipinski definition) is 0. The molecule has 0 unspecified atom stereocenters. The van der Waals surface area contributed by atoms with Gasteiger partial charge in [-0.05, 0) is 19.3 Å². The summed E-state index contributed by atoms with van der Waals surface area (Å²) in [6.45, 7) is 3.13. The van der Waals surface area contributed by atoms with Gasteiger partial charge in [0.2, 0.25) is 10.0 Å². The molecule has 23 heavy (non-hydrogen) atoms. The summed E-state index contributed by atoms with van der Waals surface area (Å²) in [7, 11) is -3.19. The highest BCUT2D eigenvalue weighted by Crippen LogP contribution is 2.37. The first kappa shape index (κ1) is 15.5. The highest BCUT2D eigenvalue weighted by atomic mass is 32.2. The number of aromatic nitrogens is 3. The second-order valence-corrected chi connectivity index (χ2v) is 9.07. The maximum Gasteiger partial charge on any atom is 0.217 e. The zero-order valence-corrected chi connectivity index (χ0v) is 13.8. The van der Waals surface area contributed by atoms with E-state index in [2.05, 4.69) is 10.2 Å². The SMILES string of the molecule is O=S(=O)(C1CC1)N1CCOC[C@]2(C[C@@H](Cn3cnnc3)CO2)C1. The molecule has 1 aliphatic carbocycles. The Hall–Kier alpha value is -1.03. The first-order valence-electron chi connectivity index (χ1n) is 8.11. The van der Waals surface area contributed by atoms with Crippen LogP contribution in [0.15, 0.2) is 12.7 Å². The van der Waals surface area contributed by atoms with Crippen LogP contribution in [-0.2, 0) is 26.0 Å². The maximum atomic E-state index is 12.6. The van der Waals surface area contributed by atoms with Crippen LogP contribution in [0.25, 0.3) is 0 Å². The van der Waals surface area contributed by atoms with Gasteiger partial charge in [0.1, 0.15) is 18.3 Å². The van der Waals surface area contributed by atoms with Crippen LogP contribution in [0.5, 0.6) is 0 Å². The van der Waals surface area contributed by atoms with Gasteiger partial charge in [-0.25, -0.2) is 8.42 Å². The first-order valence-corrected chi connectivity index (χ1v) is 9.61. The van der Waals surface area contributed by atoms with Crippen molar-refractivity contribution in [2.45, 2.75) is 36.7 Å². The summed E-state index contributed by atoms with van der Waals surface area (Å²) >= 11 is 0. The molecule has 9 heteroatoms. The minimum absolute atomic E-state index is 0.188. The van der Waals surface area contributed by atoms with Crippen molar-refractivity contribution in [1.82, 2.24) is 19.1 Å². The van der Waals surface area contributed by atoms with Crippen LogP contribution in [0.1, 0.15) is 19.3 Å². The van der Waals surface area contributed by atoms with Gasteiger partial charge in [-0.3, -0.25) is 0 Å². The van der Waals surface area contributed by atoms with Crippen molar-refractivity contribution < 1.29 is 17.9 Å². The molecule has 0 bridgehead atoms. The van der Waals surface area contributed by atoms with Crippen molar-refractivity contribution in [3.8, 4) is 0 Å². The lowest BCUT2D eigenvalue weighted by Crippen LogP contribution is -2.47. The van der Waals surface area contributed by atoms with E-state index in [1.807, 2.05) is 4.57 Å². The molecule has 3 fully saturated rings. The Kier molecular flexibility index (Phi) is 3.91. The van der Waals surface area contributed by atoms with Gasteiger partial charge >= 0.3 is 0 Å². The van der Waals surface area contributed by atoms with Crippen molar-refractivity contribution >= 4 is 10.0 Å². The van der Waals surface area contributed by atoms with Crippen molar-refractivity contribution in [1.29, 1.82) is 0 Å². The quantitative estimate of drug-likeness (QED) is 0.758. The van der Waals surface area contributed by atoms with Crippen LogP contribution < -0.4 is 0 Å². The number of ether oxygens (including phenoxy) is 2. The maximum absolute atomic E-state index is 12.6. The van der Waals surface area contributed by atoms with Gasteiger partial charge in [0.15, 0.2) is 0 Å².